The summed E-state index contributed by atoms with van der Waals surface area (Å²) >= 11 is 1.40. The molecule has 1 N–H and O–H groups in total. The first-order valence-electron chi connectivity index (χ1n) is 9.45. The minimum absolute atomic E-state index is 0.141. The van der Waals surface area contributed by atoms with Crippen molar-refractivity contribution in [3.05, 3.63) is 70.9 Å². The maximum Gasteiger partial charge on any atom is 0.266 e. The van der Waals surface area contributed by atoms with Crippen molar-refractivity contribution in [3.63, 3.8) is 0 Å². The molecule has 0 unspecified atom stereocenters. The lowest BCUT2D eigenvalue weighted by atomic mass is 10.1. The Bertz CT molecular complexity index is 1380. The van der Waals surface area contributed by atoms with Crippen molar-refractivity contribution in [2.45, 2.75) is 20.8 Å². The van der Waals surface area contributed by atoms with Gasteiger partial charge < -0.3 is 5.32 Å². The van der Waals surface area contributed by atoms with Crippen molar-refractivity contribution in [3.8, 4) is 11.3 Å². The smallest absolute Gasteiger partial charge is 0.266 e. The highest BCUT2D eigenvalue weighted by atomic mass is 32.1. The van der Waals surface area contributed by atoms with Crippen LogP contribution < -0.4 is 5.32 Å². The van der Waals surface area contributed by atoms with Crippen LogP contribution >= 0.6 is 11.3 Å². The summed E-state index contributed by atoms with van der Waals surface area (Å²) in [5.41, 5.74) is 4.33. The first-order valence-corrected chi connectivity index (χ1v) is 10.3. The Hall–Kier alpha value is -3.65. The zero-order valence-electron chi connectivity index (χ0n) is 16.7. The number of fused-ring (bicyclic) bond motifs is 2. The fourth-order valence-electron chi connectivity index (χ4n) is 3.57. The fourth-order valence-corrected chi connectivity index (χ4v) is 4.74. The van der Waals surface area contributed by atoms with E-state index in [4.69, 9.17) is 0 Å². The summed E-state index contributed by atoms with van der Waals surface area (Å²) in [6.07, 6.45) is 5.56. The van der Waals surface area contributed by atoms with Crippen LogP contribution in [0.2, 0.25) is 0 Å². The van der Waals surface area contributed by atoms with Gasteiger partial charge in [-0.1, -0.05) is 12.1 Å². The number of hydrogen-bond acceptors (Lipinski definition) is 6. The number of thiophene rings is 1. The molecule has 0 saturated carbocycles. The van der Waals surface area contributed by atoms with Crippen LogP contribution in [0.1, 0.15) is 26.8 Å². The van der Waals surface area contributed by atoms with E-state index in [2.05, 4.69) is 25.3 Å². The molecule has 8 heteroatoms. The number of aryl methyl sites for hydroxylation is 3. The Kier molecular flexibility index (Phi) is 4.29. The molecule has 4 aromatic heterocycles. The van der Waals surface area contributed by atoms with Crippen LogP contribution in [0.4, 0.5) is 5.69 Å². The van der Waals surface area contributed by atoms with E-state index in [0.717, 1.165) is 38.4 Å². The highest BCUT2D eigenvalue weighted by Crippen LogP contribution is 2.32. The minimum Gasteiger partial charge on any atom is -0.321 e. The Morgan fingerprint density at radius 3 is 2.63 bits per heavy atom. The van der Waals surface area contributed by atoms with Gasteiger partial charge in [0.2, 0.25) is 5.78 Å². The molecule has 5 rings (SSSR count). The van der Waals surface area contributed by atoms with Gasteiger partial charge in [0.05, 0.1) is 10.6 Å². The molecule has 30 heavy (non-hydrogen) atoms. The van der Waals surface area contributed by atoms with E-state index >= 15 is 0 Å². The first kappa shape index (κ1) is 18.4. The van der Waals surface area contributed by atoms with Crippen molar-refractivity contribution in [2.24, 2.45) is 0 Å². The van der Waals surface area contributed by atoms with E-state index in [-0.39, 0.29) is 5.91 Å². The van der Waals surface area contributed by atoms with Crippen LogP contribution in [0.25, 0.3) is 27.3 Å². The predicted molar refractivity (Wildman–Crippen MR) is 118 cm³/mol. The molecule has 1 amide bonds. The van der Waals surface area contributed by atoms with Crippen molar-refractivity contribution in [1.82, 2.24) is 24.3 Å². The van der Waals surface area contributed by atoms with E-state index in [1.807, 2.05) is 67.9 Å². The number of carbonyl (C=O) groups is 1. The number of nitrogens with zero attached hydrogens (tertiary/aromatic N) is 5. The lowest BCUT2D eigenvalue weighted by Crippen LogP contribution is -2.11. The van der Waals surface area contributed by atoms with Crippen molar-refractivity contribution >= 4 is 38.9 Å². The number of benzene rings is 1. The minimum atomic E-state index is -0.141. The van der Waals surface area contributed by atoms with E-state index in [0.29, 0.717) is 16.5 Å². The molecule has 4 heterocycles. The van der Waals surface area contributed by atoms with Gasteiger partial charge >= 0.3 is 0 Å². The summed E-state index contributed by atoms with van der Waals surface area (Å²) in [6, 6.07) is 9.49. The number of amides is 1. The number of nitrogens with one attached hydrogen (secondary N) is 1. The number of imidazole rings is 1. The van der Waals surface area contributed by atoms with E-state index in [9.17, 15) is 4.79 Å². The molecule has 0 fully saturated rings. The van der Waals surface area contributed by atoms with Gasteiger partial charge in [-0.2, -0.15) is 0 Å². The molecule has 0 atom stereocenters. The zero-order chi connectivity index (χ0) is 20.8. The van der Waals surface area contributed by atoms with E-state index in [1.165, 1.54) is 11.3 Å². The van der Waals surface area contributed by atoms with Gasteiger partial charge in [0.1, 0.15) is 10.7 Å². The third-order valence-electron chi connectivity index (χ3n) is 4.96. The van der Waals surface area contributed by atoms with Crippen molar-refractivity contribution < 1.29 is 4.79 Å². The monoisotopic (exact) mass is 414 g/mol. The highest BCUT2D eigenvalue weighted by Gasteiger charge is 2.19. The Balaban J connectivity index is 1.41. The van der Waals surface area contributed by atoms with Gasteiger partial charge in [-0.05, 0) is 44.5 Å². The molecule has 0 saturated heterocycles. The Morgan fingerprint density at radius 2 is 1.87 bits per heavy atom. The van der Waals surface area contributed by atoms with Gasteiger partial charge in [-0.3, -0.25) is 9.20 Å². The van der Waals surface area contributed by atoms with Gasteiger partial charge in [-0.25, -0.2) is 19.9 Å². The van der Waals surface area contributed by atoms with Crippen LogP contribution in [0.3, 0.4) is 0 Å². The van der Waals surface area contributed by atoms with Gasteiger partial charge in [-0.15, -0.1) is 11.3 Å². The van der Waals surface area contributed by atoms with Crippen LogP contribution in [0.15, 0.2) is 48.9 Å². The molecule has 0 spiro atoms. The van der Waals surface area contributed by atoms with Gasteiger partial charge in [0.25, 0.3) is 5.91 Å². The quantitative estimate of drug-likeness (QED) is 0.467. The van der Waals surface area contributed by atoms with Gasteiger partial charge in [0, 0.05) is 40.9 Å². The number of hydrogen-bond donors (Lipinski definition) is 1. The number of anilines is 1. The second-order valence-electron chi connectivity index (χ2n) is 7.08. The number of rotatable bonds is 3. The van der Waals surface area contributed by atoms with Crippen molar-refractivity contribution in [1.29, 1.82) is 0 Å². The van der Waals surface area contributed by atoms with Crippen LogP contribution in [0.5, 0.6) is 0 Å². The van der Waals surface area contributed by atoms with Gasteiger partial charge in [0.15, 0.2) is 0 Å². The molecule has 0 aliphatic carbocycles. The summed E-state index contributed by atoms with van der Waals surface area (Å²) in [5.74, 6) is 1.22. The molecular formula is C22H18N6OS. The third-order valence-corrected chi connectivity index (χ3v) is 6.15. The standard InChI is InChI=1S/C22H18N6OS/c1-12-18-13(2)24-14(3)25-21(18)30-19(12)20(29)26-16-7-5-15(6-8-16)17-11-28-10-4-9-23-22(28)27-17/h4-11H,1-3H3,(H,26,29). The molecule has 0 radical (unpaired) electrons. The first-order chi connectivity index (χ1) is 14.5. The summed E-state index contributed by atoms with van der Waals surface area (Å²) in [7, 11) is 0. The Morgan fingerprint density at radius 1 is 1.07 bits per heavy atom. The molecular weight excluding hydrogens is 396 g/mol. The fraction of sp³-hybridized carbons (Fsp3) is 0.136. The molecule has 7 nitrogen and oxygen atoms in total. The average Bonchev–Trinajstić information content (AvgIpc) is 3.29. The summed E-state index contributed by atoms with van der Waals surface area (Å²) < 4.78 is 1.88. The zero-order valence-corrected chi connectivity index (χ0v) is 17.5. The normalized spacial score (nSPS) is 11.3. The predicted octanol–water partition coefficient (Wildman–Crippen LogP) is 4.58. The van der Waals surface area contributed by atoms with E-state index < -0.39 is 0 Å². The SMILES string of the molecule is Cc1nc(C)c2c(C)c(C(=O)Nc3ccc(-c4cn5cccnc5n4)cc3)sc2n1. The molecule has 0 bridgehead atoms. The van der Waals surface area contributed by atoms with Crippen LogP contribution in [0, 0.1) is 20.8 Å². The summed E-state index contributed by atoms with van der Waals surface area (Å²) in [6.45, 7) is 5.76. The topological polar surface area (TPSA) is 85.1 Å². The third kappa shape index (κ3) is 3.11. The largest absolute Gasteiger partial charge is 0.321 e. The maximum absolute atomic E-state index is 12.9. The van der Waals surface area contributed by atoms with E-state index in [1.54, 1.807) is 6.20 Å². The molecule has 0 aliphatic heterocycles. The molecule has 0 aliphatic rings. The lowest BCUT2D eigenvalue weighted by Gasteiger charge is -2.05. The average molecular weight is 414 g/mol. The van der Waals surface area contributed by atoms with Crippen molar-refractivity contribution in [2.75, 3.05) is 5.32 Å². The molecule has 5 aromatic rings. The second-order valence-corrected chi connectivity index (χ2v) is 8.08. The summed E-state index contributed by atoms with van der Waals surface area (Å²) in [5, 5.41) is 3.95. The highest BCUT2D eigenvalue weighted by molar-refractivity contribution is 7.20. The van der Waals surface area contributed by atoms with Crippen LogP contribution in [-0.2, 0) is 0 Å². The van der Waals surface area contributed by atoms with Crippen LogP contribution in [-0.4, -0.2) is 30.2 Å². The lowest BCUT2D eigenvalue weighted by molar-refractivity contribution is 0.103. The summed E-state index contributed by atoms with van der Waals surface area (Å²) in [4.78, 5) is 32.1. The molecule has 1 aromatic carbocycles. The second kappa shape index (κ2) is 7.00. The number of aromatic nitrogens is 5. The molecule has 148 valence electrons. The number of carbonyl (C=O) groups excluding carboxylic acids is 1. The maximum atomic E-state index is 12.9. The Labute approximate surface area is 176 Å².